The van der Waals surface area contributed by atoms with Crippen LogP contribution in [0, 0.1) is 11.8 Å². The van der Waals surface area contributed by atoms with E-state index in [1.807, 2.05) is 0 Å². The van der Waals surface area contributed by atoms with Crippen molar-refractivity contribution < 1.29 is 9.90 Å². The summed E-state index contributed by atoms with van der Waals surface area (Å²) in [5, 5.41) is 8.72. The second-order valence-electron chi connectivity index (χ2n) is 4.85. The average Bonchev–Trinajstić information content (AvgIpc) is 2.96. The molecule has 1 aliphatic rings. The number of unbranched alkanes of at least 4 members (excludes halogenated alkanes) is 6. The van der Waals surface area contributed by atoms with Gasteiger partial charge in [0.05, 0.1) is 5.92 Å². The molecule has 0 aromatic rings. The topological polar surface area (TPSA) is 37.3 Å². The van der Waals surface area contributed by atoms with Crippen molar-refractivity contribution in [3.05, 3.63) is 0 Å². The van der Waals surface area contributed by atoms with E-state index >= 15 is 0 Å². The van der Waals surface area contributed by atoms with Crippen molar-refractivity contribution in [1.82, 2.24) is 0 Å². The highest BCUT2D eigenvalue weighted by Crippen LogP contribution is 2.42. The van der Waals surface area contributed by atoms with Gasteiger partial charge < -0.3 is 5.11 Å². The Morgan fingerprint density at radius 3 is 2.27 bits per heavy atom. The second-order valence-corrected chi connectivity index (χ2v) is 4.85. The third-order valence-electron chi connectivity index (χ3n) is 3.42. The third kappa shape index (κ3) is 5.19. The van der Waals surface area contributed by atoms with Crippen LogP contribution in [-0.2, 0) is 4.79 Å². The molecule has 0 aliphatic heterocycles. The van der Waals surface area contributed by atoms with Crippen molar-refractivity contribution in [1.29, 1.82) is 0 Å². The van der Waals surface area contributed by atoms with Crippen molar-refractivity contribution >= 4 is 5.97 Å². The van der Waals surface area contributed by atoms with Gasteiger partial charge in [-0.05, 0) is 18.8 Å². The summed E-state index contributed by atoms with van der Waals surface area (Å²) in [7, 11) is 0. The molecule has 0 aromatic carbocycles. The van der Waals surface area contributed by atoms with Crippen LogP contribution in [0.2, 0.25) is 0 Å². The van der Waals surface area contributed by atoms with Gasteiger partial charge in [-0.15, -0.1) is 0 Å². The molecule has 1 rings (SSSR count). The van der Waals surface area contributed by atoms with E-state index in [0.29, 0.717) is 5.92 Å². The number of rotatable bonds is 9. The lowest BCUT2D eigenvalue weighted by atomic mass is 10.1. The molecule has 0 radical (unpaired) electrons. The Bertz CT molecular complexity index is 189. The monoisotopic (exact) mass is 212 g/mol. The fourth-order valence-electron chi connectivity index (χ4n) is 2.23. The maximum atomic E-state index is 10.6. The van der Waals surface area contributed by atoms with E-state index in [2.05, 4.69) is 6.92 Å². The molecule has 2 heteroatoms. The van der Waals surface area contributed by atoms with Gasteiger partial charge in [0.15, 0.2) is 0 Å². The Hall–Kier alpha value is -0.530. The number of carbonyl (C=O) groups is 1. The first-order valence-electron chi connectivity index (χ1n) is 6.48. The second kappa shape index (κ2) is 6.86. The molecule has 2 atom stereocenters. The van der Waals surface area contributed by atoms with Crippen LogP contribution in [0.4, 0.5) is 0 Å². The summed E-state index contributed by atoms with van der Waals surface area (Å²) in [5.41, 5.74) is 0. The highest BCUT2D eigenvalue weighted by atomic mass is 16.4. The minimum atomic E-state index is -0.581. The standard InChI is InChI=1S/C13H24O2/c1-2-3-4-5-6-7-8-9-11-10-12(11)13(14)15/h11-12H,2-10H2,1H3,(H,14,15)/t11-,12+/m0/s1. The Morgan fingerprint density at radius 1 is 1.13 bits per heavy atom. The zero-order valence-corrected chi connectivity index (χ0v) is 9.87. The number of hydrogen-bond donors (Lipinski definition) is 1. The summed E-state index contributed by atoms with van der Waals surface area (Å²) in [6.45, 7) is 2.24. The Morgan fingerprint density at radius 2 is 1.73 bits per heavy atom. The third-order valence-corrected chi connectivity index (χ3v) is 3.42. The van der Waals surface area contributed by atoms with Crippen LogP contribution in [0.25, 0.3) is 0 Å². The Balaban J connectivity index is 1.80. The van der Waals surface area contributed by atoms with E-state index in [-0.39, 0.29) is 5.92 Å². The maximum absolute atomic E-state index is 10.6. The van der Waals surface area contributed by atoms with E-state index in [0.717, 1.165) is 12.8 Å². The van der Waals surface area contributed by atoms with E-state index in [1.165, 1.54) is 44.9 Å². The van der Waals surface area contributed by atoms with Gasteiger partial charge in [0, 0.05) is 0 Å². The van der Waals surface area contributed by atoms with E-state index in [4.69, 9.17) is 5.11 Å². The molecule has 0 amide bonds. The van der Waals surface area contributed by atoms with Crippen molar-refractivity contribution in [3.8, 4) is 0 Å². The van der Waals surface area contributed by atoms with Crippen LogP contribution in [0.1, 0.15) is 64.7 Å². The lowest BCUT2D eigenvalue weighted by Crippen LogP contribution is -1.99. The molecule has 1 fully saturated rings. The smallest absolute Gasteiger partial charge is 0.306 e. The normalized spacial score (nSPS) is 24.1. The molecule has 0 spiro atoms. The first-order valence-corrected chi connectivity index (χ1v) is 6.48. The van der Waals surface area contributed by atoms with Crippen LogP contribution < -0.4 is 0 Å². The number of aliphatic carboxylic acids is 1. The Kier molecular flexibility index (Phi) is 5.74. The number of hydrogen-bond acceptors (Lipinski definition) is 1. The van der Waals surface area contributed by atoms with E-state index in [1.54, 1.807) is 0 Å². The summed E-state index contributed by atoms with van der Waals surface area (Å²) >= 11 is 0. The van der Waals surface area contributed by atoms with Crippen LogP contribution in [0.5, 0.6) is 0 Å². The van der Waals surface area contributed by atoms with Crippen LogP contribution >= 0.6 is 0 Å². The van der Waals surface area contributed by atoms with Gasteiger partial charge in [-0.25, -0.2) is 0 Å². The van der Waals surface area contributed by atoms with Crippen LogP contribution in [0.3, 0.4) is 0 Å². The summed E-state index contributed by atoms with van der Waals surface area (Å²) in [4.78, 5) is 10.6. The lowest BCUT2D eigenvalue weighted by Gasteiger charge is -2.00. The van der Waals surface area contributed by atoms with Gasteiger partial charge in [0.25, 0.3) is 0 Å². The molecule has 1 aliphatic carbocycles. The highest BCUT2D eigenvalue weighted by Gasteiger charge is 2.42. The van der Waals surface area contributed by atoms with Crippen molar-refractivity contribution in [2.24, 2.45) is 11.8 Å². The molecule has 1 N–H and O–H groups in total. The summed E-state index contributed by atoms with van der Waals surface area (Å²) in [5.74, 6) is -0.0637. The van der Waals surface area contributed by atoms with Gasteiger partial charge in [-0.3, -0.25) is 4.79 Å². The van der Waals surface area contributed by atoms with Crippen LogP contribution in [0.15, 0.2) is 0 Å². The SMILES string of the molecule is CCCCCCCCC[C@H]1C[C@H]1C(=O)O. The summed E-state index contributed by atoms with van der Waals surface area (Å²) in [6, 6.07) is 0. The molecule has 0 unspecified atom stereocenters. The van der Waals surface area contributed by atoms with Crippen molar-refractivity contribution in [2.45, 2.75) is 64.7 Å². The lowest BCUT2D eigenvalue weighted by molar-refractivity contribution is -0.138. The minimum absolute atomic E-state index is 0.00471. The zero-order valence-electron chi connectivity index (χ0n) is 9.87. The molecule has 1 saturated carbocycles. The molecule has 15 heavy (non-hydrogen) atoms. The molecular weight excluding hydrogens is 188 g/mol. The predicted octanol–water partition coefficient (Wildman–Crippen LogP) is 3.85. The zero-order chi connectivity index (χ0) is 11.1. The molecule has 2 nitrogen and oxygen atoms in total. The van der Waals surface area contributed by atoms with Gasteiger partial charge in [0.2, 0.25) is 0 Å². The molecular formula is C13H24O2. The van der Waals surface area contributed by atoms with Crippen molar-refractivity contribution in [3.63, 3.8) is 0 Å². The minimum Gasteiger partial charge on any atom is -0.481 e. The first-order chi connectivity index (χ1) is 7.25. The van der Waals surface area contributed by atoms with E-state index in [9.17, 15) is 4.79 Å². The van der Waals surface area contributed by atoms with Gasteiger partial charge >= 0.3 is 5.97 Å². The number of carboxylic acids is 1. The number of carboxylic acid groups (broad SMARTS) is 1. The summed E-state index contributed by atoms with van der Waals surface area (Å²) < 4.78 is 0. The fraction of sp³-hybridized carbons (Fsp3) is 0.923. The largest absolute Gasteiger partial charge is 0.481 e. The van der Waals surface area contributed by atoms with Crippen LogP contribution in [-0.4, -0.2) is 11.1 Å². The first kappa shape index (κ1) is 12.5. The maximum Gasteiger partial charge on any atom is 0.306 e. The molecule has 0 saturated heterocycles. The van der Waals surface area contributed by atoms with Gasteiger partial charge in [-0.1, -0.05) is 51.9 Å². The Labute approximate surface area is 93.1 Å². The summed E-state index contributed by atoms with van der Waals surface area (Å²) in [6.07, 6.45) is 11.4. The van der Waals surface area contributed by atoms with Crippen molar-refractivity contribution in [2.75, 3.05) is 0 Å². The quantitative estimate of drug-likeness (QED) is 0.589. The predicted molar refractivity (Wildman–Crippen MR) is 61.8 cm³/mol. The molecule has 0 heterocycles. The molecule has 88 valence electrons. The van der Waals surface area contributed by atoms with Gasteiger partial charge in [0.1, 0.15) is 0 Å². The molecule has 0 bridgehead atoms. The molecule has 0 aromatic heterocycles. The van der Waals surface area contributed by atoms with Gasteiger partial charge in [-0.2, -0.15) is 0 Å². The highest BCUT2D eigenvalue weighted by molar-refractivity contribution is 5.73. The fourth-order valence-corrected chi connectivity index (χ4v) is 2.23. The average molecular weight is 212 g/mol. The van der Waals surface area contributed by atoms with E-state index < -0.39 is 5.97 Å².